The summed E-state index contributed by atoms with van der Waals surface area (Å²) < 4.78 is 13.4. The van der Waals surface area contributed by atoms with Crippen LogP contribution in [0, 0.1) is 15.9 Å². The highest BCUT2D eigenvalue weighted by Gasteiger charge is 2.21. The maximum absolute atomic E-state index is 13.4. The molecule has 1 aliphatic rings. The van der Waals surface area contributed by atoms with Gasteiger partial charge in [0.05, 0.1) is 4.92 Å². The molecule has 1 aliphatic heterocycles. The number of piperidine rings is 1. The fourth-order valence-electron chi connectivity index (χ4n) is 1.92. The third-order valence-corrected chi connectivity index (χ3v) is 3.01. The Bertz CT molecular complexity index is 566. The van der Waals surface area contributed by atoms with Gasteiger partial charge in [-0.1, -0.05) is 0 Å². The summed E-state index contributed by atoms with van der Waals surface area (Å²) in [6.45, 7) is 0.319. The van der Waals surface area contributed by atoms with E-state index in [0.717, 1.165) is 12.1 Å². The summed E-state index contributed by atoms with van der Waals surface area (Å²) in [6.07, 6.45) is 0.826. The summed E-state index contributed by atoms with van der Waals surface area (Å²) >= 11 is 0. The van der Waals surface area contributed by atoms with E-state index in [9.17, 15) is 24.1 Å². The number of hydrogen-bond donors (Lipinski definition) is 2. The van der Waals surface area contributed by atoms with Gasteiger partial charge in [0.2, 0.25) is 11.7 Å². The molecule has 0 spiro atoms. The van der Waals surface area contributed by atoms with Crippen LogP contribution in [0.4, 0.5) is 10.1 Å². The van der Waals surface area contributed by atoms with Gasteiger partial charge in [0, 0.05) is 30.6 Å². The summed E-state index contributed by atoms with van der Waals surface area (Å²) in [6, 6.07) is 2.75. The van der Waals surface area contributed by atoms with E-state index in [0.29, 0.717) is 19.4 Å². The highest BCUT2D eigenvalue weighted by atomic mass is 19.1. The number of nitrogens with one attached hydrogen (secondary N) is 2. The highest BCUT2D eigenvalue weighted by molar-refractivity contribution is 5.94. The van der Waals surface area contributed by atoms with E-state index < -0.39 is 22.3 Å². The van der Waals surface area contributed by atoms with Crippen LogP contribution >= 0.6 is 0 Å². The number of nitro groups is 1. The van der Waals surface area contributed by atoms with Crippen molar-refractivity contribution in [2.24, 2.45) is 0 Å². The second-order valence-corrected chi connectivity index (χ2v) is 4.44. The van der Waals surface area contributed by atoms with Crippen molar-refractivity contribution >= 4 is 17.5 Å². The summed E-state index contributed by atoms with van der Waals surface area (Å²) in [4.78, 5) is 32.5. The van der Waals surface area contributed by atoms with Gasteiger partial charge in [-0.25, -0.2) is 0 Å². The summed E-state index contributed by atoms with van der Waals surface area (Å²) in [5, 5.41) is 15.7. The van der Waals surface area contributed by atoms with Crippen LogP contribution in [-0.2, 0) is 4.79 Å². The average molecular weight is 281 g/mol. The zero-order chi connectivity index (χ0) is 14.7. The number of benzene rings is 1. The minimum atomic E-state index is -1.06. The van der Waals surface area contributed by atoms with Crippen molar-refractivity contribution < 1.29 is 18.9 Å². The van der Waals surface area contributed by atoms with Crippen LogP contribution in [0.5, 0.6) is 0 Å². The Hall–Kier alpha value is -2.51. The van der Waals surface area contributed by atoms with Gasteiger partial charge in [-0.15, -0.1) is 0 Å². The molecule has 2 amide bonds. The predicted molar refractivity (Wildman–Crippen MR) is 66.6 cm³/mol. The first-order valence-electron chi connectivity index (χ1n) is 5.99. The average Bonchev–Trinajstić information content (AvgIpc) is 2.40. The van der Waals surface area contributed by atoms with Crippen molar-refractivity contribution in [3.05, 3.63) is 39.7 Å². The largest absolute Gasteiger partial charge is 0.354 e. The quantitative estimate of drug-likeness (QED) is 0.630. The SMILES string of the molecule is O=C1CCC(NC(=O)c2ccc([N+](=O)[O-])c(F)c2)CN1. The number of carbonyl (C=O) groups excluding carboxylic acids is 2. The lowest BCUT2D eigenvalue weighted by Crippen LogP contribution is -2.47. The molecule has 1 unspecified atom stereocenters. The van der Waals surface area contributed by atoms with Gasteiger partial charge >= 0.3 is 5.69 Å². The lowest BCUT2D eigenvalue weighted by atomic mass is 10.1. The molecule has 0 bridgehead atoms. The Morgan fingerprint density at radius 2 is 2.25 bits per heavy atom. The van der Waals surface area contributed by atoms with Crippen molar-refractivity contribution in [3.8, 4) is 0 Å². The number of carbonyl (C=O) groups is 2. The Kier molecular flexibility index (Phi) is 3.92. The predicted octanol–water partition coefficient (Wildman–Crippen LogP) is 0.742. The van der Waals surface area contributed by atoms with Gasteiger partial charge in [-0.2, -0.15) is 4.39 Å². The second-order valence-electron chi connectivity index (χ2n) is 4.44. The molecule has 1 atom stereocenters. The van der Waals surface area contributed by atoms with Crippen molar-refractivity contribution in [1.82, 2.24) is 10.6 Å². The smallest absolute Gasteiger partial charge is 0.304 e. The van der Waals surface area contributed by atoms with E-state index in [-0.39, 0.29) is 17.5 Å². The van der Waals surface area contributed by atoms with Gasteiger partial charge in [0.1, 0.15) is 0 Å². The molecule has 1 heterocycles. The van der Waals surface area contributed by atoms with Crippen molar-refractivity contribution in [2.45, 2.75) is 18.9 Å². The van der Waals surface area contributed by atoms with Crippen LogP contribution in [0.25, 0.3) is 0 Å². The number of hydrogen-bond acceptors (Lipinski definition) is 4. The third-order valence-electron chi connectivity index (χ3n) is 3.01. The van der Waals surface area contributed by atoms with Gasteiger partial charge in [-0.05, 0) is 18.6 Å². The molecule has 1 aromatic rings. The van der Waals surface area contributed by atoms with E-state index >= 15 is 0 Å². The number of nitro benzene ring substituents is 1. The van der Waals surface area contributed by atoms with Crippen LogP contribution in [0.2, 0.25) is 0 Å². The molecule has 0 aliphatic carbocycles. The van der Waals surface area contributed by atoms with Crippen LogP contribution in [0.1, 0.15) is 23.2 Å². The van der Waals surface area contributed by atoms with E-state index in [1.807, 2.05) is 0 Å². The molecule has 2 rings (SSSR count). The van der Waals surface area contributed by atoms with E-state index in [4.69, 9.17) is 0 Å². The fraction of sp³-hybridized carbons (Fsp3) is 0.333. The van der Waals surface area contributed by atoms with Gasteiger partial charge in [0.15, 0.2) is 0 Å². The minimum absolute atomic E-state index is 0.00463. The molecule has 8 heteroatoms. The molecule has 0 aromatic heterocycles. The van der Waals surface area contributed by atoms with Crippen LogP contribution in [-0.4, -0.2) is 29.3 Å². The van der Waals surface area contributed by atoms with Gasteiger partial charge in [-0.3, -0.25) is 19.7 Å². The molecule has 7 nitrogen and oxygen atoms in total. The topological polar surface area (TPSA) is 101 Å². The zero-order valence-corrected chi connectivity index (χ0v) is 10.4. The lowest BCUT2D eigenvalue weighted by Gasteiger charge is -2.23. The Labute approximate surface area is 113 Å². The minimum Gasteiger partial charge on any atom is -0.354 e. The first-order chi connectivity index (χ1) is 9.47. The second kappa shape index (κ2) is 5.64. The summed E-state index contributed by atoms with van der Waals surface area (Å²) in [5.41, 5.74) is -0.670. The molecule has 2 N–H and O–H groups in total. The molecule has 106 valence electrons. The van der Waals surface area contributed by atoms with Crippen molar-refractivity contribution in [3.63, 3.8) is 0 Å². The normalized spacial score (nSPS) is 18.2. The first kappa shape index (κ1) is 13.9. The maximum Gasteiger partial charge on any atom is 0.304 e. The fourth-order valence-corrected chi connectivity index (χ4v) is 1.92. The zero-order valence-electron chi connectivity index (χ0n) is 10.4. The molecule has 0 saturated carbocycles. The molecule has 1 saturated heterocycles. The van der Waals surface area contributed by atoms with Crippen LogP contribution in [0.15, 0.2) is 18.2 Å². The van der Waals surface area contributed by atoms with Crippen LogP contribution < -0.4 is 10.6 Å². The van der Waals surface area contributed by atoms with Crippen LogP contribution in [0.3, 0.4) is 0 Å². The van der Waals surface area contributed by atoms with Crippen molar-refractivity contribution in [1.29, 1.82) is 0 Å². The monoisotopic (exact) mass is 281 g/mol. The first-order valence-corrected chi connectivity index (χ1v) is 5.99. The standard InChI is InChI=1S/C12H12FN3O4/c13-9-5-7(1-3-10(9)16(19)20)12(18)15-8-2-4-11(17)14-6-8/h1,3,5,8H,2,4,6H2,(H,14,17)(H,15,18). The molecule has 1 aromatic carbocycles. The third kappa shape index (κ3) is 3.08. The molecular weight excluding hydrogens is 269 g/mol. The van der Waals surface area contributed by atoms with Gasteiger partial charge < -0.3 is 10.6 Å². The summed E-state index contributed by atoms with van der Waals surface area (Å²) in [5.74, 6) is -1.66. The van der Waals surface area contributed by atoms with E-state index in [1.165, 1.54) is 6.07 Å². The highest BCUT2D eigenvalue weighted by Crippen LogP contribution is 2.18. The van der Waals surface area contributed by atoms with Gasteiger partial charge in [0.25, 0.3) is 5.91 Å². The Balaban J connectivity index is 2.04. The number of amides is 2. The lowest BCUT2D eigenvalue weighted by molar-refractivity contribution is -0.387. The molecular formula is C12H12FN3O4. The Morgan fingerprint density at radius 1 is 1.50 bits per heavy atom. The van der Waals surface area contributed by atoms with E-state index in [2.05, 4.69) is 10.6 Å². The molecule has 1 fully saturated rings. The van der Waals surface area contributed by atoms with Crippen molar-refractivity contribution in [2.75, 3.05) is 6.54 Å². The number of rotatable bonds is 3. The molecule has 20 heavy (non-hydrogen) atoms. The number of nitrogens with zero attached hydrogens (tertiary/aromatic N) is 1. The Morgan fingerprint density at radius 3 is 2.80 bits per heavy atom. The van der Waals surface area contributed by atoms with E-state index in [1.54, 1.807) is 0 Å². The number of halogens is 1. The summed E-state index contributed by atoms with van der Waals surface area (Å²) in [7, 11) is 0. The maximum atomic E-state index is 13.4. The molecule has 0 radical (unpaired) electrons.